The highest BCUT2D eigenvalue weighted by Crippen LogP contribution is 2.27. The fraction of sp³-hybridized carbons (Fsp3) is 0.600. The molecule has 1 amide bonds. The maximum atomic E-state index is 12.6. The van der Waals surface area contributed by atoms with Crippen LogP contribution in [0, 0.1) is 11.8 Å². The van der Waals surface area contributed by atoms with Crippen molar-refractivity contribution in [2.75, 3.05) is 36.9 Å². The van der Waals surface area contributed by atoms with Gasteiger partial charge in [0, 0.05) is 13.0 Å². The minimum atomic E-state index is -0.380. The first-order valence-corrected chi connectivity index (χ1v) is 9.60. The molecular formula is C20H31N3O3. The standard InChI is InChI=1S/C20H31N3O3/c1-4-22-17-7-6-16(20(25)26-5-2)13-18(17)23-19(24)12-14(3)15-8-10-21-11-9-15/h6-7,13-15,21-22H,4-5,8-12H2,1-3H3,(H,23,24). The largest absolute Gasteiger partial charge is 0.462 e. The SMILES string of the molecule is CCNc1ccc(C(=O)OCC)cc1NC(=O)CC(C)C1CCNCC1. The molecule has 1 unspecified atom stereocenters. The van der Waals surface area contributed by atoms with Crippen LogP contribution >= 0.6 is 0 Å². The van der Waals surface area contributed by atoms with Crippen molar-refractivity contribution in [3.63, 3.8) is 0 Å². The first kappa shape index (κ1) is 20.2. The van der Waals surface area contributed by atoms with E-state index in [1.807, 2.05) is 13.0 Å². The molecule has 0 radical (unpaired) electrons. The fourth-order valence-electron chi connectivity index (χ4n) is 3.41. The predicted molar refractivity (Wildman–Crippen MR) is 105 cm³/mol. The van der Waals surface area contributed by atoms with Crippen molar-refractivity contribution in [1.29, 1.82) is 0 Å². The number of amides is 1. The van der Waals surface area contributed by atoms with Crippen molar-refractivity contribution in [2.24, 2.45) is 11.8 Å². The third-order valence-corrected chi connectivity index (χ3v) is 4.87. The second kappa shape index (κ2) is 10.2. The van der Waals surface area contributed by atoms with Gasteiger partial charge < -0.3 is 20.7 Å². The van der Waals surface area contributed by atoms with Gasteiger partial charge in [0.15, 0.2) is 0 Å². The molecule has 1 aliphatic rings. The molecule has 6 heteroatoms. The molecule has 1 heterocycles. The summed E-state index contributed by atoms with van der Waals surface area (Å²) in [5, 5.41) is 9.56. The third-order valence-electron chi connectivity index (χ3n) is 4.87. The second-order valence-electron chi connectivity index (χ2n) is 6.83. The number of piperidine rings is 1. The van der Waals surface area contributed by atoms with Gasteiger partial charge in [0.05, 0.1) is 23.5 Å². The quantitative estimate of drug-likeness (QED) is 0.619. The summed E-state index contributed by atoms with van der Waals surface area (Å²) in [4.78, 5) is 24.5. The molecule has 0 saturated carbocycles. The van der Waals surface area contributed by atoms with Crippen LogP contribution in [-0.4, -0.2) is 38.1 Å². The lowest BCUT2D eigenvalue weighted by Gasteiger charge is -2.28. The summed E-state index contributed by atoms with van der Waals surface area (Å²) in [5.41, 5.74) is 1.87. The Kier molecular flexibility index (Phi) is 7.91. The zero-order chi connectivity index (χ0) is 18.9. The molecule has 1 saturated heterocycles. The van der Waals surface area contributed by atoms with Gasteiger partial charge in [0.2, 0.25) is 5.91 Å². The van der Waals surface area contributed by atoms with E-state index in [0.717, 1.165) is 38.2 Å². The molecule has 1 fully saturated rings. The maximum absolute atomic E-state index is 12.6. The molecule has 0 bridgehead atoms. The molecule has 3 N–H and O–H groups in total. The van der Waals surface area contributed by atoms with Crippen LogP contribution in [0.3, 0.4) is 0 Å². The Balaban J connectivity index is 2.05. The van der Waals surface area contributed by atoms with Gasteiger partial charge in [-0.3, -0.25) is 4.79 Å². The summed E-state index contributed by atoms with van der Waals surface area (Å²) in [6, 6.07) is 5.20. The van der Waals surface area contributed by atoms with Crippen LogP contribution in [0.1, 0.15) is 50.4 Å². The van der Waals surface area contributed by atoms with Crippen LogP contribution in [-0.2, 0) is 9.53 Å². The molecular weight excluding hydrogens is 330 g/mol. The molecule has 1 aliphatic heterocycles. The van der Waals surface area contributed by atoms with Crippen LogP contribution < -0.4 is 16.0 Å². The Morgan fingerprint density at radius 3 is 2.62 bits per heavy atom. The van der Waals surface area contributed by atoms with Gasteiger partial charge in [0.1, 0.15) is 0 Å². The zero-order valence-electron chi connectivity index (χ0n) is 16.1. The Hall–Kier alpha value is -2.08. The molecule has 2 rings (SSSR count). The smallest absolute Gasteiger partial charge is 0.338 e. The van der Waals surface area contributed by atoms with Gasteiger partial charge in [-0.2, -0.15) is 0 Å². The van der Waals surface area contributed by atoms with Gasteiger partial charge in [-0.25, -0.2) is 4.79 Å². The number of rotatable bonds is 8. The third kappa shape index (κ3) is 5.73. The Labute approximate surface area is 156 Å². The van der Waals surface area contributed by atoms with Gasteiger partial charge in [0.25, 0.3) is 0 Å². The number of hydrogen-bond donors (Lipinski definition) is 3. The lowest BCUT2D eigenvalue weighted by atomic mass is 9.84. The lowest BCUT2D eigenvalue weighted by Crippen LogP contribution is -2.32. The number of carbonyl (C=O) groups is 2. The number of hydrogen-bond acceptors (Lipinski definition) is 5. The van der Waals surface area contributed by atoms with E-state index in [1.165, 1.54) is 0 Å². The van der Waals surface area contributed by atoms with Crippen molar-refractivity contribution in [1.82, 2.24) is 5.32 Å². The van der Waals surface area contributed by atoms with Crippen LogP contribution in [0.5, 0.6) is 0 Å². The molecule has 144 valence electrons. The van der Waals surface area contributed by atoms with Crippen molar-refractivity contribution >= 4 is 23.3 Å². The monoisotopic (exact) mass is 361 g/mol. The Bertz CT molecular complexity index is 612. The number of ether oxygens (including phenoxy) is 1. The molecule has 1 aromatic rings. The van der Waals surface area contributed by atoms with Gasteiger partial charge >= 0.3 is 5.97 Å². The average Bonchev–Trinajstić information content (AvgIpc) is 2.64. The summed E-state index contributed by atoms with van der Waals surface area (Å²) in [7, 11) is 0. The molecule has 1 aromatic carbocycles. The average molecular weight is 361 g/mol. The van der Waals surface area contributed by atoms with Crippen molar-refractivity contribution < 1.29 is 14.3 Å². The zero-order valence-corrected chi connectivity index (χ0v) is 16.1. The van der Waals surface area contributed by atoms with E-state index < -0.39 is 0 Å². The lowest BCUT2D eigenvalue weighted by molar-refractivity contribution is -0.117. The number of benzene rings is 1. The molecule has 1 atom stereocenters. The highest BCUT2D eigenvalue weighted by molar-refractivity contribution is 5.98. The Morgan fingerprint density at radius 2 is 1.96 bits per heavy atom. The van der Waals surface area contributed by atoms with E-state index in [0.29, 0.717) is 36.1 Å². The van der Waals surface area contributed by atoms with Crippen molar-refractivity contribution in [2.45, 2.75) is 40.0 Å². The van der Waals surface area contributed by atoms with Crippen LogP contribution in [0.2, 0.25) is 0 Å². The van der Waals surface area contributed by atoms with Gasteiger partial charge in [-0.05, 0) is 69.8 Å². The fourth-order valence-corrected chi connectivity index (χ4v) is 3.41. The van der Waals surface area contributed by atoms with E-state index in [4.69, 9.17) is 4.74 Å². The van der Waals surface area contributed by atoms with Gasteiger partial charge in [-0.1, -0.05) is 6.92 Å². The minimum absolute atomic E-state index is 0.0174. The first-order chi connectivity index (χ1) is 12.5. The highest BCUT2D eigenvalue weighted by Gasteiger charge is 2.22. The van der Waals surface area contributed by atoms with E-state index >= 15 is 0 Å². The molecule has 0 spiro atoms. The number of nitrogens with one attached hydrogen (secondary N) is 3. The first-order valence-electron chi connectivity index (χ1n) is 9.60. The summed E-state index contributed by atoms with van der Waals surface area (Å²) in [6.07, 6.45) is 2.73. The maximum Gasteiger partial charge on any atom is 0.338 e. The number of anilines is 2. The summed E-state index contributed by atoms with van der Waals surface area (Å²) < 4.78 is 5.05. The van der Waals surface area contributed by atoms with E-state index in [9.17, 15) is 9.59 Å². The van der Waals surface area contributed by atoms with E-state index in [1.54, 1.807) is 19.1 Å². The molecule has 0 aromatic heterocycles. The molecule has 26 heavy (non-hydrogen) atoms. The van der Waals surface area contributed by atoms with Crippen LogP contribution in [0.25, 0.3) is 0 Å². The van der Waals surface area contributed by atoms with Gasteiger partial charge in [-0.15, -0.1) is 0 Å². The van der Waals surface area contributed by atoms with Crippen molar-refractivity contribution in [3.05, 3.63) is 23.8 Å². The molecule has 6 nitrogen and oxygen atoms in total. The predicted octanol–water partition coefficient (Wildman–Crippen LogP) is 3.26. The van der Waals surface area contributed by atoms with E-state index in [-0.39, 0.29) is 11.9 Å². The van der Waals surface area contributed by atoms with Crippen molar-refractivity contribution in [3.8, 4) is 0 Å². The second-order valence-corrected chi connectivity index (χ2v) is 6.83. The highest BCUT2D eigenvalue weighted by atomic mass is 16.5. The van der Waals surface area contributed by atoms with Crippen LogP contribution in [0.15, 0.2) is 18.2 Å². The normalized spacial score (nSPS) is 16.0. The number of carbonyl (C=O) groups excluding carboxylic acids is 2. The van der Waals surface area contributed by atoms with E-state index in [2.05, 4.69) is 22.9 Å². The Morgan fingerprint density at radius 1 is 1.23 bits per heavy atom. The topological polar surface area (TPSA) is 79.5 Å². The summed E-state index contributed by atoms with van der Waals surface area (Å²) in [6.45, 7) is 9.03. The minimum Gasteiger partial charge on any atom is -0.462 e. The van der Waals surface area contributed by atoms with Crippen LogP contribution in [0.4, 0.5) is 11.4 Å². The molecule has 0 aliphatic carbocycles. The summed E-state index contributed by atoms with van der Waals surface area (Å²) >= 11 is 0. The number of esters is 1. The summed E-state index contributed by atoms with van der Waals surface area (Å²) in [5.74, 6) is 0.527.